The molecule has 0 saturated carbocycles. The molecule has 0 fully saturated rings. The van der Waals surface area contributed by atoms with E-state index in [2.05, 4.69) is 53.5 Å². The van der Waals surface area contributed by atoms with Gasteiger partial charge in [-0.05, 0) is 35.6 Å². The Labute approximate surface area is 122 Å². The Hall–Kier alpha value is -0.290. The van der Waals surface area contributed by atoms with E-state index in [1.165, 1.54) is 21.9 Å². The molecule has 0 saturated heterocycles. The molecule has 18 heavy (non-hydrogen) atoms. The standard InChI is InChI=1S/C14H19NS3/c1-3-11(10-16-2)15-14(12-6-4-8-17-12)13-7-5-9-18-13/h4-9,11,14-15H,3,10H2,1-2H3. The molecule has 0 aliphatic heterocycles. The summed E-state index contributed by atoms with van der Waals surface area (Å²) in [6, 6.07) is 9.67. The van der Waals surface area contributed by atoms with Crippen LogP contribution in [0.25, 0.3) is 0 Å². The third-order valence-corrected chi connectivity index (χ3v) is 5.53. The molecule has 2 rings (SSSR count). The van der Waals surface area contributed by atoms with Crippen molar-refractivity contribution in [3.8, 4) is 0 Å². The summed E-state index contributed by atoms with van der Waals surface area (Å²) < 4.78 is 0. The molecule has 1 unspecified atom stereocenters. The Morgan fingerprint density at radius 2 is 1.78 bits per heavy atom. The van der Waals surface area contributed by atoms with Gasteiger partial charge in [-0.2, -0.15) is 11.8 Å². The van der Waals surface area contributed by atoms with Gasteiger partial charge in [0.2, 0.25) is 0 Å². The van der Waals surface area contributed by atoms with Crippen LogP contribution in [0.4, 0.5) is 0 Å². The van der Waals surface area contributed by atoms with Crippen LogP contribution in [-0.2, 0) is 0 Å². The first-order valence-electron chi connectivity index (χ1n) is 6.17. The number of rotatable bonds is 7. The molecule has 2 aromatic heterocycles. The van der Waals surface area contributed by atoms with Gasteiger partial charge < -0.3 is 5.32 Å². The second kappa shape index (κ2) is 7.34. The molecule has 0 aliphatic rings. The van der Waals surface area contributed by atoms with E-state index in [1.54, 1.807) is 0 Å². The highest BCUT2D eigenvalue weighted by Crippen LogP contribution is 2.30. The SMILES string of the molecule is CCC(CSC)NC(c1cccs1)c1cccs1. The summed E-state index contributed by atoms with van der Waals surface area (Å²) in [4.78, 5) is 2.83. The lowest BCUT2D eigenvalue weighted by atomic mass is 10.1. The lowest BCUT2D eigenvalue weighted by Gasteiger charge is -2.23. The van der Waals surface area contributed by atoms with Gasteiger partial charge in [-0.1, -0.05) is 19.1 Å². The van der Waals surface area contributed by atoms with Gasteiger partial charge in [-0.15, -0.1) is 22.7 Å². The van der Waals surface area contributed by atoms with E-state index < -0.39 is 0 Å². The smallest absolute Gasteiger partial charge is 0.0767 e. The summed E-state index contributed by atoms with van der Waals surface area (Å²) in [5, 5.41) is 8.13. The summed E-state index contributed by atoms with van der Waals surface area (Å²) in [6.07, 6.45) is 3.35. The van der Waals surface area contributed by atoms with Gasteiger partial charge in [0.25, 0.3) is 0 Å². The quantitative estimate of drug-likeness (QED) is 0.799. The second-order valence-electron chi connectivity index (χ2n) is 4.19. The molecule has 98 valence electrons. The van der Waals surface area contributed by atoms with Crippen LogP contribution in [0, 0.1) is 0 Å². The topological polar surface area (TPSA) is 12.0 Å². The third-order valence-electron chi connectivity index (χ3n) is 2.92. The minimum absolute atomic E-state index is 0.363. The lowest BCUT2D eigenvalue weighted by Crippen LogP contribution is -2.34. The summed E-state index contributed by atoms with van der Waals surface area (Å²) in [7, 11) is 0. The minimum Gasteiger partial charge on any atom is -0.301 e. The van der Waals surface area contributed by atoms with E-state index in [0.29, 0.717) is 12.1 Å². The van der Waals surface area contributed by atoms with Gasteiger partial charge in [0.15, 0.2) is 0 Å². The first kappa shape index (κ1) is 14.1. The number of hydrogen-bond donors (Lipinski definition) is 1. The van der Waals surface area contributed by atoms with Crippen LogP contribution < -0.4 is 5.32 Å². The highest BCUT2D eigenvalue weighted by Gasteiger charge is 2.19. The maximum atomic E-state index is 3.81. The zero-order chi connectivity index (χ0) is 12.8. The molecule has 0 bridgehead atoms. The van der Waals surface area contributed by atoms with Crippen molar-refractivity contribution in [2.24, 2.45) is 0 Å². The fourth-order valence-corrected chi connectivity index (χ4v) is 4.35. The van der Waals surface area contributed by atoms with Gasteiger partial charge in [0.05, 0.1) is 6.04 Å². The van der Waals surface area contributed by atoms with Crippen LogP contribution in [-0.4, -0.2) is 18.1 Å². The molecular formula is C14H19NS3. The third kappa shape index (κ3) is 3.60. The van der Waals surface area contributed by atoms with Crippen LogP contribution in [0.1, 0.15) is 29.1 Å². The van der Waals surface area contributed by atoms with Crippen molar-refractivity contribution in [2.75, 3.05) is 12.0 Å². The minimum atomic E-state index is 0.363. The summed E-state index contributed by atoms with van der Waals surface area (Å²) >= 11 is 5.59. The Morgan fingerprint density at radius 1 is 1.17 bits per heavy atom. The highest BCUT2D eigenvalue weighted by molar-refractivity contribution is 7.98. The van der Waals surface area contributed by atoms with Crippen molar-refractivity contribution in [2.45, 2.75) is 25.4 Å². The molecule has 0 aliphatic carbocycles. The van der Waals surface area contributed by atoms with Gasteiger partial charge in [-0.25, -0.2) is 0 Å². The molecule has 2 aromatic rings. The number of nitrogens with one attached hydrogen (secondary N) is 1. The van der Waals surface area contributed by atoms with E-state index in [1.807, 2.05) is 34.4 Å². The maximum absolute atomic E-state index is 3.81. The van der Waals surface area contributed by atoms with Crippen molar-refractivity contribution in [3.05, 3.63) is 44.8 Å². The molecule has 0 radical (unpaired) electrons. The first-order chi connectivity index (χ1) is 8.85. The van der Waals surface area contributed by atoms with Crippen LogP contribution in [0.5, 0.6) is 0 Å². The van der Waals surface area contributed by atoms with Crippen LogP contribution in [0.15, 0.2) is 35.0 Å². The van der Waals surface area contributed by atoms with E-state index in [9.17, 15) is 0 Å². The second-order valence-corrected chi connectivity index (χ2v) is 7.06. The average Bonchev–Trinajstić information content (AvgIpc) is 3.06. The van der Waals surface area contributed by atoms with Crippen LogP contribution >= 0.6 is 34.4 Å². The summed E-state index contributed by atoms with van der Waals surface area (Å²) in [5.41, 5.74) is 0. The van der Waals surface area contributed by atoms with Gasteiger partial charge >= 0.3 is 0 Å². The van der Waals surface area contributed by atoms with Crippen LogP contribution in [0.3, 0.4) is 0 Å². The zero-order valence-electron chi connectivity index (χ0n) is 10.8. The first-order valence-corrected chi connectivity index (χ1v) is 9.32. The maximum Gasteiger partial charge on any atom is 0.0767 e. The van der Waals surface area contributed by atoms with Crippen molar-refractivity contribution in [1.82, 2.24) is 5.32 Å². The molecule has 2 heterocycles. The molecule has 1 atom stereocenters. The van der Waals surface area contributed by atoms with E-state index in [4.69, 9.17) is 0 Å². The Morgan fingerprint density at radius 3 is 2.17 bits per heavy atom. The number of hydrogen-bond acceptors (Lipinski definition) is 4. The zero-order valence-corrected chi connectivity index (χ0v) is 13.2. The normalized spacial score (nSPS) is 13.1. The summed E-state index contributed by atoms with van der Waals surface area (Å²) in [6.45, 7) is 2.26. The number of thiophene rings is 2. The van der Waals surface area contributed by atoms with E-state index in [0.717, 1.165) is 0 Å². The Balaban J connectivity index is 2.15. The average molecular weight is 298 g/mol. The largest absolute Gasteiger partial charge is 0.301 e. The molecular weight excluding hydrogens is 278 g/mol. The van der Waals surface area contributed by atoms with Crippen molar-refractivity contribution in [3.63, 3.8) is 0 Å². The molecule has 0 aromatic carbocycles. The molecule has 1 nitrogen and oxygen atoms in total. The van der Waals surface area contributed by atoms with Gasteiger partial charge in [0.1, 0.15) is 0 Å². The monoisotopic (exact) mass is 297 g/mol. The van der Waals surface area contributed by atoms with Crippen molar-refractivity contribution in [1.29, 1.82) is 0 Å². The lowest BCUT2D eigenvalue weighted by molar-refractivity contribution is 0.502. The van der Waals surface area contributed by atoms with Gasteiger partial charge in [-0.3, -0.25) is 0 Å². The van der Waals surface area contributed by atoms with Crippen molar-refractivity contribution >= 4 is 34.4 Å². The van der Waals surface area contributed by atoms with E-state index in [-0.39, 0.29) is 0 Å². The predicted octanol–water partition coefficient (Wildman–Crippen LogP) is 4.63. The Kier molecular flexibility index (Phi) is 5.76. The summed E-state index contributed by atoms with van der Waals surface area (Å²) in [5.74, 6) is 1.17. The molecule has 1 N–H and O–H groups in total. The van der Waals surface area contributed by atoms with Gasteiger partial charge in [0, 0.05) is 21.5 Å². The highest BCUT2D eigenvalue weighted by atomic mass is 32.2. The molecule has 0 spiro atoms. The number of thioether (sulfide) groups is 1. The molecule has 0 amide bonds. The Bertz CT molecular complexity index is 388. The fraction of sp³-hybridized carbons (Fsp3) is 0.429. The molecule has 4 heteroatoms. The van der Waals surface area contributed by atoms with Crippen LogP contribution in [0.2, 0.25) is 0 Å². The fourth-order valence-electron chi connectivity index (χ4n) is 1.94. The van der Waals surface area contributed by atoms with Crippen molar-refractivity contribution < 1.29 is 0 Å². The van der Waals surface area contributed by atoms with E-state index >= 15 is 0 Å². The predicted molar refractivity (Wildman–Crippen MR) is 86.1 cm³/mol.